The Morgan fingerprint density at radius 1 is 1.20 bits per heavy atom. The number of aromatic amines is 1. The quantitative estimate of drug-likeness (QED) is 0.592. The van der Waals surface area contributed by atoms with Crippen LogP contribution in [0.25, 0.3) is 21.9 Å². The Labute approximate surface area is 141 Å². The van der Waals surface area contributed by atoms with E-state index in [4.69, 9.17) is 0 Å². The summed E-state index contributed by atoms with van der Waals surface area (Å²) in [5, 5.41) is 11.0. The molecular weight excluding hydrogens is 320 g/mol. The minimum atomic E-state index is -0.359. The van der Waals surface area contributed by atoms with E-state index >= 15 is 0 Å². The number of anilines is 1. The van der Waals surface area contributed by atoms with Crippen LogP contribution in [-0.4, -0.2) is 30.9 Å². The van der Waals surface area contributed by atoms with Gasteiger partial charge in [0.1, 0.15) is 17.9 Å². The molecule has 0 saturated heterocycles. The van der Waals surface area contributed by atoms with Gasteiger partial charge in [0, 0.05) is 5.69 Å². The summed E-state index contributed by atoms with van der Waals surface area (Å²) < 4.78 is 1.05. The van der Waals surface area contributed by atoms with E-state index in [9.17, 15) is 9.59 Å². The molecule has 1 amide bonds. The van der Waals surface area contributed by atoms with Crippen molar-refractivity contribution in [2.75, 3.05) is 5.32 Å². The first-order chi connectivity index (χ1) is 12.1. The summed E-state index contributed by atoms with van der Waals surface area (Å²) in [4.78, 5) is 32.0. The molecule has 2 N–H and O–H groups in total. The summed E-state index contributed by atoms with van der Waals surface area (Å²) in [6.07, 6.45) is 0. The molecule has 124 valence electrons. The molecule has 0 aliphatic heterocycles. The van der Waals surface area contributed by atoms with Crippen LogP contribution in [0.3, 0.4) is 0 Å². The smallest absolute Gasteiger partial charge is 0.278 e. The Kier molecular flexibility index (Phi) is 3.50. The van der Waals surface area contributed by atoms with Crippen LogP contribution in [0, 0.1) is 6.92 Å². The normalized spacial score (nSPS) is 11.1. The van der Waals surface area contributed by atoms with Gasteiger partial charge in [-0.25, -0.2) is 9.67 Å². The summed E-state index contributed by atoms with van der Waals surface area (Å²) in [5.41, 5.74) is 2.43. The highest BCUT2D eigenvalue weighted by Gasteiger charge is 2.10. The third kappa shape index (κ3) is 2.85. The van der Waals surface area contributed by atoms with Gasteiger partial charge in [0.15, 0.2) is 0 Å². The molecule has 0 unspecified atom stereocenters. The summed E-state index contributed by atoms with van der Waals surface area (Å²) in [5.74, 6) is 0.443. The number of fused-ring (bicyclic) bond motifs is 2. The van der Waals surface area contributed by atoms with Crippen molar-refractivity contribution in [2.24, 2.45) is 0 Å². The van der Waals surface area contributed by atoms with Gasteiger partial charge in [-0.3, -0.25) is 9.59 Å². The number of aryl methyl sites for hydroxylation is 1. The summed E-state index contributed by atoms with van der Waals surface area (Å²) in [6, 6.07) is 12.3. The zero-order chi connectivity index (χ0) is 17.4. The molecule has 0 atom stereocenters. The third-order valence-corrected chi connectivity index (χ3v) is 3.81. The highest BCUT2D eigenvalue weighted by Crippen LogP contribution is 2.17. The summed E-state index contributed by atoms with van der Waals surface area (Å²) >= 11 is 0. The number of amides is 1. The van der Waals surface area contributed by atoms with Gasteiger partial charge in [-0.2, -0.15) is 0 Å². The maximum absolute atomic E-state index is 12.4. The first kappa shape index (κ1) is 15.0. The van der Waals surface area contributed by atoms with E-state index in [1.807, 2.05) is 13.0 Å². The number of hydrogen-bond acceptors (Lipinski definition) is 5. The number of nitrogens with zero attached hydrogens (tertiary/aromatic N) is 4. The Morgan fingerprint density at radius 3 is 2.92 bits per heavy atom. The number of carbonyl (C=O) groups excluding carboxylic acids is 1. The molecule has 8 heteroatoms. The molecule has 0 bridgehead atoms. The van der Waals surface area contributed by atoms with Crippen LogP contribution in [0.4, 0.5) is 5.69 Å². The van der Waals surface area contributed by atoms with Crippen molar-refractivity contribution in [1.29, 1.82) is 0 Å². The van der Waals surface area contributed by atoms with E-state index in [0.717, 1.165) is 21.5 Å². The van der Waals surface area contributed by atoms with Crippen LogP contribution in [0.2, 0.25) is 0 Å². The zero-order valence-corrected chi connectivity index (χ0v) is 13.4. The second-order valence-corrected chi connectivity index (χ2v) is 5.67. The van der Waals surface area contributed by atoms with Crippen LogP contribution >= 0.6 is 0 Å². The first-order valence-electron chi connectivity index (χ1n) is 7.69. The van der Waals surface area contributed by atoms with E-state index in [-0.39, 0.29) is 18.0 Å². The Morgan fingerprint density at radius 2 is 2.04 bits per heavy atom. The van der Waals surface area contributed by atoms with E-state index in [1.165, 1.54) is 0 Å². The Hall–Kier alpha value is -3.55. The van der Waals surface area contributed by atoms with Crippen LogP contribution in [-0.2, 0) is 11.3 Å². The summed E-state index contributed by atoms with van der Waals surface area (Å²) in [7, 11) is 0. The number of H-pyrrole nitrogens is 1. The molecule has 0 radical (unpaired) electrons. The maximum atomic E-state index is 12.4. The zero-order valence-electron chi connectivity index (χ0n) is 13.4. The van der Waals surface area contributed by atoms with Gasteiger partial charge in [-0.15, -0.1) is 5.10 Å². The maximum Gasteiger partial charge on any atom is 0.278 e. The topological polar surface area (TPSA) is 106 Å². The van der Waals surface area contributed by atoms with Crippen molar-refractivity contribution >= 4 is 33.5 Å². The van der Waals surface area contributed by atoms with Crippen LogP contribution in [0.15, 0.2) is 47.3 Å². The lowest BCUT2D eigenvalue weighted by atomic mass is 10.2. The summed E-state index contributed by atoms with van der Waals surface area (Å²) in [6.45, 7) is 1.65. The lowest BCUT2D eigenvalue weighted by molar-refractivity contribution is -0.117. The van der Waals surface area contributed by atoms with Crippen molar-refractivity contribution in [3.05, 3.63) is 58.6 Å². The molecule has 4 aromatic rings. The van der Waals surface area contributed by atoms with Crippen LogP contribution in [0.1, 0.15) is 5.82 Å². The number of aromatic nitrogens is 5. The average Bonchev–Trinajstić information content (AvgIpc) is 2.97. The minimum absolute atomic E-state index is 0.212. The van der Waals surface area contributed by atoms with Crippen molar-refractivity contribution in [3.8, 4) is 0 Å². The average molecular weight is 334 g/mol. The highest BCUT2D eigenvalue weighted by molar-refractivity contribution is 5.93. The van der Waals surface area contributed by atoms with Gasteiger partial charge >= 0.3 is 0 Å². The second kappa shape index (κ2) is 5.82. The third-order valence-electron chi connectivity index (χ3n) is 3.81. The first-order valence-corrected chi connectivity index (χ1v) is 7.69. The SMILES string of the molecule is Cc1nc2ccc(NC(=O)Cn3nnc4ccccc4c3=O)cc2[nH]1. The molecule has 0 aliphatic carbocycles. The lowest BCUT2D eigenvalue weighted by Gasteiger charge is -2.07. The van der Waals surface area contributed by atoms with Gasteiger partial charge in [0.05, 0.1) is 16.4 Å². The van der Waals surface area contributed by atoms with Gasteiger partial charge in [0.2, 0.25) is 5.91 Å². The molecular formula is C17H14N6O2. The fraction of sp³-hybridized carbons (Fsp3) is 0.118. The number of rotatable bonds is 3. The predicted octanol–water partition coefficient (Wildman–Crippen LogP) is 1.61. The monoisotopic (exact) mass is 334 g/mol. The fourth-order valence-electron chi connectivity index (χ4n) is 2.68. The van der Waals surface area contributed by atoms with Gasteiger partial charge in [0.25, 0.3) is 5.56 Å². The molecule has 0 saturated carbocycles. The molecule has 4 rings (SSSR count). The highest BCUT2D eigenvalue weighted by atomic mass is 16.2. The fourth-order valence-corrected chi connectivity index (χ4v) is 2.68. The van der Waals surface area contributed by atoms with E-state index in [1.54, 1.807) is 36.4 Å². The number of nitrogens with one attached hydrogen (secondary N) is 2. The molecule has 2 aromatic carbocycles. The van der Waals surface area contributed by atoms with E-state index < -0.39 is 0 Å². The number of benzene rings is 2. The Balaban J connectivity index is 1.57. The van der Waals surface area contributed by atoms with Crippen molar-refractivity contribution in [1.82, 2.24) is 25.0 Å². The predicted molar refractivity (Wildman–Crippen MR) is 93.3 cm³/mol. The van der Waals surface area contributed by atoms with Gasteiger partial charge in [-0.05, 0) is 37.3 Å². The van der Waals surface area contributed by atoms with Crippen molar-refractivity contribution in [2.45, 2.75) is 13.5 Å². The second-order valence-electron chi connectivity index (χ2n) is 5.67. The number of hydrogen-bond donors (Lipinski definition) is 2. The van der Waals surface area contributed by atoms with Gasteiger partial charge < -0.3 is 10.3 Å². The van der Waals surface area contributed by atoms with Crippen molar-refractivity contribution < 1.29 is 4.79 Å². The van der Waals surface area contributed by atoms with E-state index in [0.29, 0.717) is 16.6 Å². The number of carbonyl (C=O) groups is 1. The lowest BCUT2D eigenvalue weighted by Crippen LogP contribution is -2.30. The molecule has 0 fully saturated rings. The molecule has 2 heterocycles. The Bertz CT molecular complexity index is 1160. The van der Waals surface area contributed by atoms with Gasteiger partial charge in [-0.1, -0.05) is 17.3 Å². The molecule has 8 nitrogen and oxygen atoms in total. The number of imidazole rings is 1. The molecule has 25 heavy (non-hydrogen) atoms. The molecule has 0 aliphatic rings. The van der Waals surface area contributed by atoms with Crippen LogP contribution in [0.5, 0.6) is 0 Å². The standard InChI is InChI=1S/C17H14N6O2/c1-10-18-14-7-6-11(8-15(14)19-10)20-16(24)9-23-17(25)12-4-2-3-5-13(12)21-22-23/h2-8H,9H2,1H3,(H,18,19)(H,20,24). The molecule has 2 aromatic heterocycles. The van der Waals surface area contributed by atoms with E-state index in [2.05, 4.69) is 25.6 Å². The van der Waals surface area contributed by atoms with Crippen LogP contribution < -0.4 is 10.9 Å². The molecule has 0 spiro atoms. The largest absolute Gasteiger partial charge is 0.342 e. The van der Waals surface area contributed by atoms with Crippen molar-refractivity contribution in [3.63, 3.8) is 0 Å². The minimum Gasteiger partial charge on any atom is -0.342 e.